The zero-order valence-corrected chi connectivity index (χ0v) is 7.68. The molecule has 0 aliphatic carbocycles. The van der Waals surface area contributed by atoms with E-state index in [0.29, 0.717) is 6.04 Å². The lowest BCUT2D eigenvalue weighted by Crippen LogP contribution is -2.40. The lowest BCUT2D eigenvalue weighted by molar-refractivity contribution is -0.142. The van der Waals surface area contributed by atoms with Crippen molar-refractivity contribution in [1.29, 1.82) is 0 Å². The van der Waals surface area contributed by atoms with Gasteiger partial charge in [-0.15, -0.1) is 0 Å². The van der Waals surface area contributed by atoms with Crippen molar-refractivity contribution in [3.8, 4) is 0 Å². The van der Waals surface area contributed by atoms with Gasteiger partial charge in [0.2, 0.25) is 0 Å². The molecule has 66 valence electrons. The molecular weight excluding hydrogens is 142 g/mol. The molecule has 3 nitrogen and oxygen atoms in total. The molecule has 0 aromatic heterocycles. The van der Waals surface area contributed by atoms with Crippen LogP contribution in [0.1, 0.15) is 27.2 Å². The molecule has 0 bridgehead atoms. The van der Waals surface area contributed by atoms with Crippen LogP contribution in [0.2, 0.25) is 0 Å². The summed E-state index contributed by atoms with van der Waals surface area (Å²) in [6.07, 6.45) is 1.02. The third kappa shape index (κ3) is 3.98. The average Bonchev–Trinajstić information content (AvgIpc) is 2.02. The summed E-state index contributed by atoms with van der Waals surface area (Å²) in [5.41, 5.74) is 0. The van der Waals surface area contributed by atoms with Gasteiger partial charge in [-0.2, -0.15) is 0 Å². The normalized spacial score (nSPS) is 15.6. The summed E-state index contributed by atoms with van der Waals surface area (Å²) in [7, 11) is 1.40. The number of carbonyl (C=O) groups excluding carboxylic acids is 1. The van der Waals surface area contributed by atoms with Gasteiger partial charge in [0.25, 0.3) is 0 Å². The molecule has 0 aliphatic rings. The molecule has 0 aromatic rings. The minimum Gasteiger partial charge on any atom is -0.468 e. The van der Waals surface area contributed by atoms with E-state index >= 15 is 0 Å². The van der Waals surface area contributed by atoms with Crippen LogP contribution >= 0.6 is 0 Å². The van der Waals surface area contributed by atoms with Crippen molar-refractivity contribution in [2.45, 2.75) is 39.3 Å². The zero-order chi connectivity index (χ0) is 8.85. The van der Waals surface area contributed by atoms with Gasteiger partial charge >= 0.3 is 5.97 Å². The van der Waals surface area contributed by atoms with Crippen LogP contribution in [0, 0.1) is 0 Å². The molecular formula is C8H17NO2. The van der Waals surface area contributed by atoms with Crippen molar-refractivity contribution in [1.82, 2.24) is 5.32 Å². The second kappa shape index (κ2) is 5.13. The number of nitrogens with one attached hydrogen (secondary N) is 1. The number of hydrogen-bond donors (Lipinski definition) is 1. The maximum absolute atomic E-state index is 10.9. The predicted molar refractivity (Wildman–Crippen MR) is 44.4 cm³/mol. The predicted octanol–water partition coefficient (Wildman–Crippen LogP) is 0.936. The van der Waals surface area contributed by atoms with Gasteiger partial charge in [0.1, 0.15) is 6.04 Å². The number of esters is 1. The van der Waals surface area contributed by atoms with Crippen LogP contribution < -0.4 is 5.32 Å². The van der Waals surface area contributed by atoms with E-state index in [0.717, 1.165) is 6.42 Å². The summed E-state index contributed by atoms with van der Waals surface area (Å²) in [6.45, 7) is 5.92. The van der Waals surface area contributed by atoms with Gasteiger partial charge in [0.05, 0.1) is 7.11 Å². The Morgan fingerprint density at radius 3 is 2.45 bits per heavy atom. The van der Waals surface area contributed by atoms with E-state index in [1.165, 1.54) is 7.11 Å². The van der Waals surface area contributed by atoms with Gasteiger partial charge in [0, 0.05) is 6.04 Å². The summed E-state index contributed by atoms with van der Waals surface area (Å²) in [4.78, 5) is 10.9. The van der Waals surface area contributed by atoms with Crippen LogP contribution in [0.15, 0.2) is 0 Å². The molecule has 0 heterocycles. The highest BCUT2D eigenvalue weighted by atomic mass is 16.5. The number of carbonyl (C=O) groups is 1. The van der Waals surface area contributed by atoms with Crippen molar-refractivity contribution in [2.24, 2.45) is 0 Å². The Labute approximate surface area is 68.1 Å². The Hall–Kier alpha value is -0.570. The van der Waals surface area contributed by atoms with E-state index in [2.05, 4.69) is 17.0 Å². The van der Waals surface area contributed by atoms with Crippen LogP contribution in [-0.2, 0) is 9.53 Å². The van der Waals surface area contributed by atoms with Crippen LogP contribution in [-0.4, -0.2) is 25.2 Å². The van der Waals surface area contributed by atoms with E-state index in [1.54, 1.807) is 6.92 Å². The molecule has 0 amide bonds. The molecule has 2 atom stereocenters. The second-order valence-electron chi connectivity index (χ2n) is 2.72. The Balaban J connectivity index is 3.67. The quantitative estimate of drug-likeness (QED) is 0.620. The van der Waals surface area contributed by atoms with E-state index in [-0.39, 0.29) is 12.0 Å². The fraction of sp³-hybridized carbons (Fsp3) is 0.875. The van der Waals surface area contributed by atoms with Crippen LogP contribution in [0.25, 0.3) is 0 Å². The highest BCUT2D eigenvalue weighted by Crippen LogP contribution is 1.93. The number of methoxy groups -OCH3 is 1. The van der Waals surface area contributed by atoms with Crippen molar-refractivity contribution in [3.63, 3.8) is 0 Å². The van der Waals surface area contributed by atoms with Crippen LogP contribution in [0.3, 0.4) is 0 Å². The SMILES string of the molecule is CCC(C)N[C@@H](C)C(=O)OC. The Kier molecular flexibility index (Phi) is 4.86. The van der Waals surface area contributed by atoms with E-state index in [9.17, 15) is 4.79 Å². The Morgan fingerprint density at radius 2 is 2.09 bits per heavy atom. The number of ether oxygens (including phenoxy) is 1. The van der Waals surface area contributed by atoms with Crippen molar-refractivity contribution in [2.75, 3.05) is 7.11 Å². The number of hydrogen-bond acceptors (Lipinski definition) is 3. The van der Waals surface area contributed by atoms with Crippen molar-refractivity contribution < 1.29 is 9.53 Å². The molecule has 1 unspecified atom stereocenters. The number of rotatable bonds is 4. The Morgan fingerprint density at radius 1 is 1.55 bits per heavy atom. The lowest BCUT2D eigenvalue weighted by Gasteiger charge is -2.16. The Bertz CT molecular complexity index is 125. The second-order valence-corrected chi connectivity index (χ2v) is 2.72. The molecule has 0 saturated carbocycles. The third-order valence-electron chi connectivity index (χ3n) is 1.70. The first-order chi connectivity index (χ1) is 5.11. The summed E-state index contributed by atoms with van der Waals surface area (Å²) >= 11 is 0. The molecule has 1 N–H and O–H groups in total. The van der Waals surface area contributed by atoms with Gasteiger partial charge in [-0.05, 0) is 20.3 Å². The van der Waals surface area contributed by atoms with Gasteiger partial charge in [0.15, 0.2) is 0 Å². The molecule has 0 saturated heterocycles. The minimum atomic E-state index is -0.203. The zero-order valence-electron chi connectivity index (χ0n) is 7.68. The van der Waals surface area contributed by atoms with Crippen molar-refractivity contribution >= 4 is 5.97 Å². The van der Waals surface area contributed by atoms with Gasteiger partial charge < -0.3 is 10.1 Å². The summed E-state index contributed by atoms with van der Waals surface area (Å²) in [6, 6.07) is 0.166. The molecule has 3 heteroatoms. The van der Waals surface area contributed by atoms with E-state index in [1.807, 2.05) is 6.92 Å². The molecule has 0 aromatic carbocycles. The highest BCUT2D eigenvalue weighted by Gasteiger charge is 2.13. The highest BCUT2D eigenvalue weighted by molar-refractivity contribution is 5.75. The van der Waals surface area contributed by atoms with Crippen LogP contribution in [0.4, 0.5) is 0 Å². The van der Waals surface area contributed by atoms with E-state index in [4.69, 9.17) is 0 Å². The lowest BCUT2D eigenvalue weighted by atomic mass is 10.2. The molecule has 0 rings (SSSR count). The van der Waals surface area contributed by atoms with Gasteiger partial charge in [-0.25, -0.2) is 0 Å². The first kappa shape index (κ1) is 10.4. The fourth-order valence-electron chi connectivity index (χ4n) is 0.789. The average molecular weight is 159 g/mol. The summed E-state index contributed by atoms with van der Waals surface area (Å²) in [5.74, 6) is -0.203. The monoisotopic (exact) mass is 159 g/mol. The maximum atomic E-state index is 10.9. The topological polar surface area (TPSA) is 38.3 Å². The molecule has 0 aliphatic heterocycles. The largest absolute Gasteiger partial charge is 0.468 e. The summed E-state index contributed by atoms with van der Waals surface area (Å²) in [5, 5.41) is 3.11. The minimum absolute atomic E-state index is 0.199. The maximum Gasteiger partial charge on any atom is 0.322 e. The van der Waals surface area contributed by atoms with Crippen LogP contribution in [0.5, 0.6) is 0 Å². The molecule has 0 radical (unpaired) electrons. The fourth-order valence-corrected chi connectivity index (χ4v) is 0.789. The molecule has 0 fully saturated rings. The van der Waals surface area contributed by atoms with E-state index < -0.39 is 0 Å². The first-order valence-corrected chi connectivity index (χ1v) is 3.95. The third-order valence-corrected chi connectivity index (χ3v) is 1.70. The van der Waals surface area contributed by atoms with Gasteiger partial charge in [-0.3, -0.25) is 4.79 Å². The first-order valence-electron chi connectivity index (χ1n) is 3.95. The molecule has 11 heavy (non-hydrogen) atoms. The summed E-state index contributed by atoms with van der Waals surface area (Å²) < 4.78 is 4.56. The van der Waals surface area contributed by atoms with Gasteiger partial charge in [-0.1, -0.05) is 6.92 Å². The smallest absolute Gasteiger partial charge is 0.322 e. The molecule has 0 spiro atoms. The van der Waals surface area contributed by atoms with Crippen molar-refractivity contribution in [3.05, 3.63) is 0 Å². The standard InChI is InChI=1S/C8H17NO2/c1-5-6(2)9-7(3)8(10)11-4/h6-7,9H,5H2,1-4H3/t6?,7-/m0/s1.